The van der Waals surface area contributed by atoms with E-state index in [-0.39, 0.29) is 18.6 Å². The highest BCUT2D eigenvalue weighted by atomic mass is 31.2. The fourth-order valence-electron chi connectivity index (χ4n) is 4.18. The second-order valence-electron chi connectivity index (χ2n) is 8.29. The molecule has 6 atom stereocenters. The molecule has 0 radical (unpaired) electrons. The molecule has 4 heterocycles. The summed E-state index contributed by atoms with van der Waals surface area (Å²) in [5.74, 6) is 0.244. The molecule has 0 aliphatic carbocycles. The summed E-state index contributed by atoms with van der Waals surface area (Å²) in [5, 5.41) is 5.31. The lowest BCUT2D eigenvalue weighted by Gasteiger charge is -2.22. The molecule has 14 heteroatoms. The number of hydrogen-bond acceptors (Lipinski definition) is 9. The normalized spacial score (nSPS) is 27.0. The molecular formula is C22H27N6O7P. The first-order valence-electron chi connectivity index (χ1n) is 11.6. The van der Waals surface area contributed by atoms with Gasteiger partial charge in [-0.2, -0.15) is 0 Å². The first kappa shape index (κ1) is 24.8. The first-order valence-corrected chi connectivity index (χ1v) is 13.4. The molecule has 13 nitrogen and oxygen atoms in total. The monoisotopic (exact) mass is 518 g/mol. The first-order chi connectivity index (χ1) is 17.4. The fourth-order valence-corrected chi connectivity index (χ4v) is 4.75. The summed E-state index contributed by atoms with van der Waals surface area (Å²) in [4.78, 5) is 34.8. The van der Waals surface area contributed by atoms with E-state index in [0.29, 0.717) is 17.7 Å². The minimum Gasteiger partial charge on any atom is -0.347 e. The van der Waals surface area contributed by atoms with Gasteiger partial charge in [0.2, 0.25) is 0 Å². The summed E-state index contributed by atoms with van der Waals surface area (Å²) in [5.41, 5.74) is 1.61. The van der Waals surface area contributed by atoms with Crippen LogP contribution in [0.15, 0.2) is 43.0 Å². The molecule has 2 aliphatic rings. The summed E-state index contributed by atoms with van der Waals surface area (Å²) < 4.78 is 37.8. The highest BCUT2D eigenvalue weighted by molar-refractivity contribution is 7.52. The van der Waals surface area contributed by atoms with Crippen LogP contribution in [0.25, 0.3) is 11.2 Å². The third-order valence-electron chi connectivity index (χ3n) is 5.96. The van der Waals surface area contributed by atoms with Crippen molar-refractivity contribution in [2.24, 2.45) is 0 Å². The average molecular weight is 518 g/mol. The predicted octanol–water partition coefficient (Wildman–Crippen LogP) is 2.57. The maximum Gasteiger partial charge on any atom is 0.327 e. The van der Waals surface area contributed by atoms with Crippen LogP contribution in [0.3, 0.4) is 0 Å². The van der Waals surface area contributed by atoms with Crippen LogP contribution < -0.4 is 10.6 Å². The van der Waals surface area contributed by atoms with Crippen LogP contribution in [0, 0.1) is 0 Å². The third kappa shape index (κ3) is 4.85. The number of ether oxygens (including phenoxy) is 3. The van der Waals surface area contributed by atoms with Crippen molar-refractivity contribution in [3.05, 3.63) is 48.5 Å². The van der Waals surface area contributed by atoms with Crippen molar-refractivity contribution in [2.45, 2.75) is 44.7 Å². The summed E-state index contributed by atoms with van der Waals surface area (Å²) in [7, 11) is -3.74. The van der Waals surface area contributed by atoms with E-state index in [0.717, 1.165) is 5.56 Å². The molecule has 36 heavy (non-hydrogen) atoms. The molecule has 3 aromatic rings. The molecule has 1 aromatic carbocycles. The van der Waals surface area contributed by atoms with Gasteiger partial charge in [-0.15, -0.1) is 0 Å². The van der Waals surface area contributed by atoms with Crippen molar-refractivity contribution in [3.63, 3.8) is 0 Å². The number of fused-ring (bicyclic) bond motifs is 2. The molecule has 5 rings (SSSR count). The largest absolute Gasteiger partial charge is 0.347 e. The second-order valence-corrected chi connectivity index (χ2v) is 10.5. The van der Waals surface area contributed by atoms with Gasteiger partial charge >= 0.3 is 13.6 Å². The Labute approximate surface area is 206 Å². The zero-order chi connectivity index (χ0) is 25.3. The molecule has 2 aromatic heterocycles. The van der Waals surface area contributed by atoms with Gasteiger partial charge in [-0.1, -0.05) is 37.3 Å². The van der Waals surface area contributed by atoms with Gasteiger partial charge in [0.1, 0.15) is 24.6 Å². The van der Waals surface area contributed by atoms with Gasteiger partial charge in [0.05, 0.1) is 12.9 Å². The molecule has 2 unspecified atom stereocenters. The van der Waals surface area contributed by atoms with E-state index in [1.807, 2.05) is 30.3 Å². The Bertz CT molecular complexity index is 1270. The second kappa shape index (κ2) is 10.2. The van der Waals surface area contributed by atoms with Gasteiger partial charge in [-0.3, -0.25) is 14.4 Å². The molecule has 3 N–H and O–H groups in total. The number of imidazole rings is 1. The maximum atomic E-state index is 12.1. The number of benzene rings is 1. The Morgan fingerprint density at radius 2 is 1.92 bits per heavy atom. The van der Waals surface area contributed by atoms with Crippen LogP contribution in [-0.4, -0.2) is 68.1 Å². The Morgan fingerprint density at radius 1 is 1.14 bits per heavy atom. The standard InChI is InChI=1S/C22H27N6O7P/c1-3-23-22(29)27-18-15-19(25-11-24-18)28(12-26-15)20-17-16(14(33-20)10-32-36(30,31)4-2)34-21(35-17)13-8-6-5-7-9-13/h5-9,11-12,14,16-17,20-21H,3-4,10H2,1-2H3,(H,30,31)(H2,23,24,25,27,29)/t14-,16?,17+,20-,21+/m1/s1. The van der Waals surface area contributed by atoms with Crippen LogP contribution >= 0.6 is 7.60 Å². The number of urea groups is 1. The molecule has 2 amide bonds. The van der Waals surface area contributed by atoms with Crippen molar-refractivity contribution >= 4 is 30.6 Å². The maximum absolute atomic E-state index is 12.1. The zero-order valence-electron chi connectivity index (χ0n) is 19.7. The number of hydrogen-bond donors (Lipinski definition) is 3. The summed E-state index contributed by atoms with van der Waals surface area (Å²) in [6, 6.07) is 9.05. The zero-order valence-corrected chi connectivity index (χ0v) is 20.6. The number of amides is 2. The quantitative estimate of drug-likeness (QED) is 0.378. The SMILES string of the molecule is CCNC(=O)Nc1ncnc2c1ncn2[C@@H]1O[C@H](COP(=O)(O)CC)C2O[C@H](c3ccccc3)O[C@@H]21. The van der Waals surface area contributed by atoms with E-state index in [2.05, 4.69) is 25.6 Å². The molecule has 0 spiro atoms. The van der Waals surface area contributed by atoms with E-state index in [1.54, 1.807) is 18.4 Å². The highest BCUT2D eigenvalue weighted by Crippen LogP contribution is 2.47. The lowest BCUT2D eigenvalue weighted by Crippen LogP contribution is -2.31. The summed E-state index contributed by atoms with van der Waals surface area (Å²) in [6.07, 6.45) is -0.415. The van der Waals surface area contributed by atoms with E-state index >= 15 is 0 Å². The Balaban J connectivity index is 1.45. The molecule has 2 aliphatic heterocycles. The number of aromatic nitrogens is 4. The van der Waals surface area contributed by atoms with E-state index < -0.39 is 44.5 Å². The lowest BCUT2D eigenvalue weighted by molar-refractivity contribution is -0.152. The lowest BCUT2D eigenvalue weighted by atomic mass is 10.1. The van der Waals surface area contributed by atoms with Gasteiger partial charge in [0.15, 0.2) is 29.5 Å². The Kier molecular flexibility index (Phi) is 7.02. The van der Waals surface area contributed by atoms with E-state index in [4.69, 9.17) is 18.7 Å². The van der Waals surface area contributed by atoms with Gasteiger partial charge in [0.25, 0.3) is 0 Å². The molecular weight excluding hydrogens is 491 g/mol. The minimum absolute atomic E-state index is 0.0221. The van der Waals surface area contributed by atoms with Crippen LogP contribution in [0.2, 0.25) is 0 Å². The van der Waals surface area contributed by atoms with Crippen LogP contribution in [0.4, 0.5) is 10.6 Å². The van der Waals surface area contributed by atoms with Crippen molar-refractivity contribution in [2.75, 3.05) is 24.6 Å². The third-order valence-corrected chi connectivity index (χ3v) is 7.31. The summed E-state index contributed by atoms with van der Waals surface area (Å²) in [6.45, 7) is 3.68. The number of nitrogens with one attached hydrogen (secondary N) is 2. The predicted molar refractivity (Wildman–Crippen MR) is 127 cm³/mol. The fraction of sp³-hybridized carbons (Fsp3) is 0.455. The van der Waals surface area contributed by atoms with Crippen molar-refractivity contribution in [3.8, 4) is 0 Å². The number of rotatable bonds is 8. The van der Waals surface area contributed by atoms with Crippen LogP contribution in [-0.2, 0) is 23.3 Å². The molecule has 0 bridgehead atoms. The van der Waals surface area contributed by atoms with E-state index in [9.17, 15) is 14.3 Å². The molecule has 192 valence electrons. The number of carbonyl (C=O) groups excluding carboxylic acids is 1. The average Bonchev–Trinajstić information content (AvgIpc) is 3.58. The van der Waals surface area contributed by atoms with E-state index in [1.165, 1.54) is 12.7 Å². The van der Waals surface area contributed by atoms with Crippen molar-refractivity contribution < 1.29 is 33.0 Å². The van der Waals surface area contributed by atoms with Crippen LogP contribution in [0.5, 0.6) is 0 Å². The van der Waals surface area contributed by atoms with Gasteiger partial charge in [0, 0.05) is 18.3 Å². The highest BCUT2D eigenvalue weighted by Gasteiger charge is 2.54. The summed E-state index contributed by atoms with van der Waals surface area (Å²) >= 11 is 0. The van der Waals surface area contributed by atoms with Gasteiger partial charge in [-0.05, 0) is 6.92 Å². The minimum atomic E-state index is -3.74. The Hall–Kier alpha value is -2.93. The smallest absolute Gasteiger partial charge is 0.327 e. The molecule has 0 saturated carbocycles. The van der Waals surface area contributed by atoms with Crippen LogP contribution in [0.1, 0.15) is 31.9 Å². The number of anilines is 1. The number of nitrogens with zero attached hydrogens (tertiary/aromatic N) is 4. The Morgan fingerprint density at radius 3 is 2.67 bits per heavy atom. The number of carbonyl (C=O) groups is 1. The van der Waals surface area contributed by atoms with Crippen molar-refractivity contribution in [1.82, 2.24) is 24.8 Å². The molecule has 2 saturated heterocycles. The molecule has 2 fully saturated rings. The van der Waals surface area contributed by atoms with Crippen molar-refractivity contribution in [1.29, 1.82) is 0 Å². The van der Waals surface area contributed by atoms with Gasteiger partial charge in [-0.25, -0.2) is 19.7 Å². The topological polar surface area (TPSA) is 159 Å². The van der Waals surface area contributed by atoms with Gasteiger partial charge < -0.3 is 28.9 Å².